The number of carbonyl (C=O) groups is 1. The number of rotatable bonds is 5. The Labute approximate surface area is 143 Å². The van der Waals surface area contributed by atoms with Gasteiger partial charge in [-0.15, -0.1) is 0 Å². The first kappa shape index (κ1) is 16.4. The third-order valence-corrected chi connectivity index (χ3v) is 4.36. The standard InChI is InChI=1S/C20H24N2O2/c1-15-14-17(22-12-6-7-13-22)10-11-19(15)21-20(23)16(2)24-18-8-4-3-5-9-18/h3-5,8-11,14,16H,6-7,12-13H2,1-2H3,(H,21,23)/t16-/m1/s1. The monoisotopic (exact) mass is 324 g/mol. The summed E-state index contributed by atoms with van der Waals surface area (Å²) in [4.78, 5) is 14.8. The number of hydrogen-bond donors (Lipinski definition) is 1. The lowest BCUT2D eigenvalue weighted by Gasteiger charge is -2.20. The van der Waals surface area contributed by atoms with Crippen LogP contribution in [0.2, 0.25) is 0 Å². The predicted molar refractivity (Wildman–Crippen MR) is 97.8 cm³/mol. The molecule has 4 heteroatoms. The summed E-state index contributed by atoms with van der Waals surface area (Å²) in [7, 11) is 0. The fourth-order valence-corrected chi connectivity index (χ4v) is 2.95. The van der Waals surface area contributed by atoms with Crippen LogP contribution < -0.4 is 15.0 Å². The van der Waals surface area contributed by atoms with Crippen molar-refractivity contribution >= 4 is 17.3 Å². The summed E-state index contributed by atoms with van der Waals surface area (Å²) in [5.41, 5.74) is 3.14. The molecule has 2 aromatic rings. The summed E-state index contributed by atoms with van der Waals surface area (Å²) < 4.78 is 5.67. The van der Waals surface area contributed by atoms with Crippen molar-refractivity contribution in [2.45, 2.75) is 32.8 Å². The Hall–Kier alpha value is -2.49. The molecule has 1 fully saturated rings. The zero-order valence-corrected chi connectivity index (χ0v) is 14.3. The Morgan fingerprint density at radius 2 is 1.83 bits per heavy atom. The molecular formula is C20H24N2O2. The summed E-state index contributed by atoms with van der Waals surface area (Å²) in [5.74, 6) is 0.553. The van der Waals surface area contributed by atoms with Crippen LogP contribution in [-0.2, 0) is 4.79 Å². The van der Waals surface area contributed by atoms with Crippen molar-refractivity contribution in [3.63, 3.8) is 0 Å². The van der Waals surface area contributed by atoms with Gasteiger partial charge in [0.15, 0.2) is 6.10 Å². The van der Waals surface area contributed by atoms with Crippen molar-refractivity contribution in [1.82, 2.24) is 0 Å². The lowest BCUT2D eigenvalue weighted by atomic mass is 10.1. The summed E-state index contributed by atoms with van der Waals surface area (Å²) in [5, 5.41) is 2.97. The van der Waals surface area contributed by atoms with E-state index in [1.807, 2.05) is 43.3 Å². The quantitative estimate of drug-likeness (QED) is 0.904. The molecule has 0 radical (unpaired) electrons. The van der Waals surface area contributed by atoms with Gasteiger partial charge in [0.2, 0.25) is 0 Å². The van der Waals surface area contributed by atoms with Crippen LogP contribution in [0.3, 0.4) is 0 Å². The fourth-order valence-electron chi connectivity index (χ4n) is 2.95. The molecule has 126 valence electrons. The van der Waals surface area contributed by atoms with Gasteiger partial charge in [-0.05, 0) is 62.6 Å². The zero-order valence-electron chi connectivity index (χ0n) is 14.3. The van der Waals surface area contributed by atoms with Gasteiger partial charge in [-0.25, -0.2) is 0 Å². The van der Waals surface area contributed by atoms with Crippen LogP contribution in [0.1, 0.15) is 25.3 Å². The van der Waals surface area contributed by atoms with E-state index in [4.69, 9.17) is 4.74 Å². The average Bonchev–Trinajstić information content (AvgIpc) is 3.12. The van der Waals surface area contributed by atoms with Crippen LogP contribution in [0.5, 0.6) is 5.75 Å². The number of anilines is 2. The number of para-hydroxylation sites is 1. The third kappa shape index (κ3) is 3.88. The van der Waals surface area contributed by atoms with Crippen molar-refractivity contribution < 1.29 is 9.53 Å². The van der Waals surface area contributed by atoms with Crippen LogP contribution in [0.25, 0.3) is 0 Å². The van der Waals surface area contributed by atoms with E-state index in [1.165, 1.54) is 18.5 Å². The molecule has 2 aromatic carbocycles. The second-order valence-corrected chi connectivity index (χ2v) is 6.26. The number of carbonyl (C=O) groups excluding carboxylic acids is 1. The minimum Gasteiger partial charge on any atom is -0.481 e. The number of nitrogens with one attached hydrogen (secondary N) is 1. The van der Waals surface area contributed by atoms with E-state index in [-0.39, 0.29) is 5.91 Å². The topological polar surface area (TPSA) is 41.6 Å². The number of hydrogen-bond acceptors (Lipinski definition) is 3. The van der Waals surface area contributed by atoms with Crippen molar-refractivity contribution in [1.29, 1.82) is 0 Å². The van der Waals surface area contributed by atoms with Crippen molar-refractivity contribution in [2.24, 2.45) is 0 Å². The van der Waals surface area contributed by atoms with Crippen LogP contribution in [0.15, 0.2) is 48.5 Å². The lowest BCUT2D eigenvalue weighted by Crippen LogP contribution is -2.30. The van der Waals surface area contributed by atoms with Gasteiger partial charge in [0, 0.05) is 24.5 Å². The first-order valence-electron chi connectivity index (χ1n) is 8.51. The Bertz CT molecular complexity index is 694. The third-order valence-electron chi connectivity index (χ3n) is 4.36. The molecule has 24 heavy (non-hydrogen) atoms. The highest BCUT2D eigenvalue weighted by molar-refractivity contribution is 5.95. The largest absolute Gasteiger partial charge is 0.481 e. The molecule has 0 spiro atoms. The molecule has 0 aromatic heterocycles. The van der Waals surface area contributed by atoms with E-state index in [1.54, 1.807) is 6.92 Å². The van der Waals surface area contributed by atoms with Gasteiger partial charge in [0.25, 0.3) is 5.91 Å². The van der Waals surface area contributed by atoms with Gasteiger partial charge >= 0.3 is 0 Å². The highest BCUT2D eigenvalue weighted by Gasteiger charge is 2.17. The molecule has 1 aliphatic rings. The molecule has 1 atom stereocenters. The number of nitrogens with zero attached hydrogens (tertiary/aromatic N) is 1. The molecule has 1 saturated heterocycles. The van der Waals surface area contributed by atoms with Gasteiger partial charge in [-0.3, -0.25) is 4.79 Å². The van der Waals surface area contributed by atoms with Crippen LogP contribution in [-0.4, -0.2) is 25.1 Å². The molecule has 4 nitrogen and oxygen atoms in total. The molecule has 0 aliphatic carbocycles. The van der Waals surface area contributed by atoms with Crippen LogP contribution in [0.4, 0.5) is 11.4 Å². The Morgan fingerprint density at radius 3 is 2.50 bits per heavy atom. The maximum absolute atomic E-state index is 12.4. The number of benzene rings is 2. The van der Waals surface area contributed by atoms with E-state index in [2.05, 4.69) is 22.3 Å². The maximum atomic E-state index is 12.4. The molecule has 1 aliphatic heterocycles. The molecule has 0 saturated carbocycles. The minimum absolute atomic E-state index is 0.143. The van der Waals surface area contributed by atoms with Gasteiger partial charge in [-0.2, -0.15) is 0 Å². The Morgan fingerprint density at radius 1 is 1.12 bits per heavy atom. The normalized spacial score (nSPS) is 15.2. The molecule has 0 bridgehead atoms. The molecule has 1 heterocycles. The summed E-state index contributed by atoms with van der Waals surface area (Å²) in [6.45, 7) is 6.02. The van der Waals surface area contributed by atoms with Gasteiger partial charge < -0.3 is 15.0 Å². The SMILES string of the molecule is Cc1cc(N2CCCC2)ccc1NC(=O)[C@@H](C)Oc1ccccc1. The van der Waals surface area contributed by atoms with Gasteiger partial charge in [-0.1, -0.05) is 18.2 Å². The summed E-state index contributed by atoms with van der Waals surface area (Å²) in [6.07, 6.45) is 1.96. The number of ether oxygens (including phenoxy) is 1. The van der Waals surface area contributed by atoms with Crippen molar-refractivity contribution in [3.8, 4) is 5.75 Å². The highest BCUT2D eigenvalue weighted by Crippen LogP contribution is 2.25. The second kappa shape index (κ2) is 7.39. The predicted octanol–water partition coefficient (Wildman–Crippen LogP) is 4.00. The lowest BCUT2D eigenvalue weighted by molar-refractivity contribution is -0.122. The van der Waals surface area contributed by atoms with Crippen LogP contribution in [0, 0.1) is 6.92 Å². The molecule has 1 amide bonds. The summed E-state index contributed by atoms with van der Waals surface area (Å²) in [6, 6.07) is 15.6. The summed E-state index contributed by atoms with van der Waals surface area (Å²) >= 11 is 0. The smallest absolute Gasteiger partial charge is 0.265 e. The highest BCUT2D eigenvalue weighted by atomic mass is 16.5. The van der Waals surface area contributed by atoms with Crippen LogP contribution >= 0.6 is 0 Å². The maximum Gasteiger partial charge on any atom is 0.265 e. The Kier molecular flexibility index (Phi) is 5.04. The van der Waals surface area contributed by atoms with Gasteiger partial charge in [0.1, 0.15) is 5.75 Å². The molecule has 1 N–H and O–H groups in total. The van der Waals surface area contributed by atoms with E-state index in [0.29, 0.717) is 5.75 Å². The number of aryl methyl sites for hydroxylation is 1. The average molecular weight is 324 g/mol. The molecule has 0 unspecified atom stereocenters. The van der Waals surface area contributed by atoms with E-state index in [0.717, 1.165) is 24.3 Å². The molecular weight excluding hydrogens is 300 g/mol. The minimum atomic E-state index is -0.551. The zero-order chi connectivity index (χ0) is 16.9. The first-order valence-corrected chi connectivity index (χ1v) is 8.51. The first-order chi connectivity index (χ1) is 11.6. The van der Waals surface area contributed by atoms with Gasteiger partial charge in [0.05, 0.1) is 0 Å². The fraction of sp³-hybridized carbons (Fsp3) is 0.350. The van der Waals surface area contributed by atoms with E-state index < -0.39 is 6.10 Å². The van der Waals surface area contributed by atoms with E-state index >= 15 is 0 Å². The van der Waals surface area contributed by atoms with E-state index in [9.17, 15) is 4.79 Å². The van der Waals surface area contributed by atoms with Crippen molar-refractivity contribution in [3.05, 3.63) is 54.1 Å². The Balaban J connectivity index is 1.63. The second-order valence-electron chi connectivity index (χ2n) is 6.26. The number of amides is 1. The molecule has 3 rings (SSSR count). The van der Waals surface area contributed by atoms with Crippen molar-refractivity contribution in [2.75, 3.05) is 23.3 Å².